The van der Waals surface area contributed by atoms with E-state index in [1.165, 1.54) is 22.3 Å². The van der Waals surface area contributed by atoms with E-state index in [0.717, 1.165) is 39.9 Å². The van der Waals surface area contributed by atoms with Gasteiger partial charge in [0.2, 0.25) is 0 Å². The Bertz CT molecular complexity index is 2260. The number of rotatable bonds is 15. The number of aromatic hydroxyl groups is 1. The zero-order valence-corrected chi connectivity index (χ0v) is 37.8. The number of phenols is 1. The van der Waals surface area contributed by atoms with Crippen molar-refractivity contribution in [3.8, 4) is 34.5 Å². The molecule has 302 valence electrons. The van der Waals surface area contributed by atoms with Crippen LogP contribution >= 0.6 is 0 Å². The monoisotopic (exact) mass is 810 g/mol. The first-order valence-electron chi connectivity index (χ1n) is 19.9. The zero-order chi connectivity index (χ0) is 41.9. The molecule has 1 N–H and O–H groups in total. The summed E-state index contributed by atoms with van der Waals surface area (Å²) >= 11 is 0. The van der Waals surface area contributed by atoms with Gasteiger partial charge in [0.25, 0.3) is 0 Å². The van der Waals surface area contributed by atoms with Gasteiger partial charge in [-0.15, -0.1) is 0 Å². The second kappa shape index (κ2) is 16.4. The minimum Gasteiger partial charge on any atom is -0.512 e. The highest BCUT2D eigenvalue weighted by atomic mass is 28.4. The molecule has 58 heavy (non-hydrogen) atoms. The van der Waals surface area contributed by atoms with Crippen molar-refractivity contribution in [1.29, 1.82) is 0 Å². The van der Waals surface area contributed by atoms with Gasteiger partial charge >= 0.3 is 17.1 Å². The molecule has 6 nitrogen and oxygen atoms in total. The molecule has 6 aromatic carbocycles. The van der Waals surface area contributed by atoms with Crippen molar-refractivity contribution in [2.45, 2.75) is 84.0 Å². The van der Waals surface area contributed by atoms with E-state index in [4.69, 9.17) is 22.4 Å². The maximum Gasteiger partial charge on any atom is 0.454 e. The van der Waals surface area contributed by atoms with Crippen LogP contribution in [0.15, 0.2) is 146 Å². The van der Waals surface area contributed by atoms with E-state index in [1.807, 2.05) is 72.8 Å². The minimum absolute atomic E-state index is 0.169. The summed E-state index contributed by atoms with van der Waals surface area (Å²) in [6, 6.07) is 48.9. The molecule has 0 aliphatic rings. The van der Waals surface area contributed by atoms with Crippen molar-refractivity contribution in [3.63, 3.8) is 0 Å². The summed E-state index contributed by atoms with van der Waals surface area (Å²) in [5, 5.41) is 9.72. The first-order chi connectivity index (χ1) is 27.3. The van der Waals surface area contributed by atoms with Gasteiger partial charge < -0.3 is 27.5 Å². The second-order valence-corrected chi connectivity index (χ2v) is 23.9. The van der Waals surface area contributed by atoms with Crippen LogP contribution in [-0.2, 0) is 16.2 Å². The molecule has 0 fully saturated rings. The summed E-state index contributed by atoms with van der Waals surface area (Å²) in [5.74, 6) is 4.28. The maximum absolute atomic E-state index is 9.72. The van der Waals surface area contributed by atoms with E-state index >= 15 is 0 Å². The van der Waals surface area contributed by atoms with Gasteiger partial charge in [-0.05, 0) is 106 Å². The lowest BCUT2D eigenvalue weighted by atomic mass is 9.78. The van der Waals surface area contributed by atoms with Crippen LogP contribution in [0.2, 0.25) is 26.2 Å². The predicted octanol–water partition coefficient (Wildman–Crippen LogP) is 12.7. The summed E-state index contributed by atoms with van der Waals surface area (Å²) in [4.78, 5) is 0. The summed E-state index contributed by atoms with van der Waals surface area (Å²) in [6.45, 7) is 21.5. The third-order valence-electron chi connectivity index (χ3n) is 11.2. The Morgan fingerprint density at radius 2 is 0.517 bits per heavy atom. The van der Waals surface area contributed by atoms with Gasteiger partial charge in [0.15, 0.2) is 0 Å². The zero-order valence-electron chi connectivity index (χ0n) is 35.8. The summed E-state index contributed by atoms with van der Waals surface area (Å²) < 4.78 is 31.2. The molecule has 0 aliphatic carbocycles. The minimum atomic E-state index is -2.57. The number of phenolic OH excluding ortho intramolecular Hbond substituents is 1. The Kier molecular flexibility index (Phi) is 11.9. The molecule has 0 aromatic heterocycles. The van der Waals surface area contributed by atoms with E-state index in [2.05, 4.69) is 128 Å². The number of benzene rings is 6. The number of hydrogen-bond donors (Lipinski definition) is 1. The van der Waals surface area contributed by atoms with Gasteiger partial charge in [-0.2, -0.15) is 0 Å². The second-order valence-electron chi connectivity index (χ2n) is 17.5. The molecular weight excluding hydrogens is 753 g/mol. The maximum atomic E-state index is 9.72. The third kappa shape index (κ3) is 9.80. The molecule has 0 saturated carbocycles. The topological polar surface area (TPSA) is 66.4 Å². The standard InChI is InChI=1S/C50H58O6Si2/c1-48(2,36-12-24-42(51)25-13-36)38-16-28-44(29-17-38)53-57(8,9)55-46-32-20-40(21-33-46)50(5,6)41-22-34-47(35-23-41)56-58(10,11)54-45-30-18-39(19-31-45)49(3,4)37-14-26-43(52-7)27-15-37/h12-35,51H,1-11H3. The van der Waals surface area contributed by atoms with E-state index in [9.17, 15) is 5.11 Å². The molecule has 0 atom stereocenters. The van der Waals surface area contributed by atoms with Crippen LogP contribution < -0.4 is 22.4 Å². The third-order valence-corrected chi connectivity index (χ3v) is 14.1. The molecule has 0 unspecified atom stereocenters. The Balaban J connectivity index is 1.04. The lowest BCUT2D eigenvalue weighted by Gasteiger charge is -2.29. The van der Waals surface area contributed by atoms with Crippen molar-refractivity contribution in [2.75, 3.05) is 7.11 Å². The average molecular weight is 811 g/mol. The summed E-state index contributed by atoms with van der Waals surface area (Å²) in [6.07, 6.45) is 0. The van der Waals surface area contributed by atoms with Crippen LogP contribution in [0, 0.1) is 0 Å². The smallest absolute Gasteiger partial charge is 0.454 e. The van der Waals surface area contributed by atoms with Crippen molar-refractivity contribution in [3.05, 3.63) is 179 Å². The number of ether oxygens (including phenoxy) is 1. The molecule has 0 heterocycles. The highest BCUT2D eigenvalue weighted by Gasteiger charge is 2.32. The van der Waals surface area contributed by atoms with Crippen LogP contribution in [0.1, 0.15) is 74.9 Å². The molecule has 0 radical (unpaired) electrons. The summed E-state index contributed by atoms with van der Waals surface area (Å²) in [5.41, 5.74) is 6.43. The molecular formula is C50H58O6Si2. The number of hydrogen-bond acceptors (Lipinski definition) is 6. The molecule has 6 rings (SSSR count). The van der Waals surface area contributed by atoms with Crippen LogP contribution in [0.5, 0.6) is 34.5 Å². The molecule has 0 spiro atoms. The van der Waals surface area contributed by atoms with Gasteiger partial charge in [0.1, 0.15) is 34.5 Å². The van der Waals surface area contributed by atoms with E-state index < -0.39 is 17.1 Å². The normalized spacial score (nSPS) is 12.5. The van der Waals surface area contributed by atoms with Crippen molar-refractivity contribution in [1.82, 2.24) is 0 Å². The SMILES string of the molecule is COc1ccc(C(C)(C)c2ccc(O[Si](C)(C)Oc3ccc(C(C)(C)c4ccc(O[Si](C)(C)Oc5ccc(C(C)(C)c6ccc(O)cc6)cc5)cc4)cc3)cc2)cc1. The quantitative estimate of drug-likeness (QED) is 0.104. The predicted molar refractivity (Wildman–Crippen MR) is 241 cm³/mol. The average Bonchev–Trinajstić information content (AvgIpc) is 3.18. The van der Waals surface area contributed by atoms with Crippen molar-refractivity contribution < 1.29 is 27.5 Å². The Labute approximate surface area is 347 Å². The van der Waals surface area contributed by atoms with Crippen LogP contribution in [0.25, 0.3) is 0 Å². The molecule has 0 bridgehead atoms. The van der Waals surface area contributed by atoms with Gasteiger partial charge in [-0.3, -0.25) is 0 Å². The van der Waals surface area contributed by atoms with Crippen molar-refractivity contribution >= 4 is 17.1 Å². The van der Waals surface area contributed by atoms with Gasteiger partial charge in [-0.25, -0.2) is 0 Å². The van der Waals surface area contributed by atoms with Crippen LogP contribution in [-0.4, -0.2) is 29.3 Å². The lowest BCUT2D eigenvalue weighted by molar-refractivity contribution is 0.398. The molecule has 0 amide bonds. The van der Waals surface area contributed by atoms with Crippen LogP contribution in [0.4, 0.5) is 0 Å². The first-order valence-corrected chi connectivity index (χ1v) is 25.5. The van der Waals surface area contributed by atoms with E-state index in [-0.39, 0.29) is 22.0 Å². The molecule has 0 saturated heterocycles. The molecule has 6 aromatic rings. The summed E-state index contributed by atoms with van der Waals surface area (Å²) in [7, 11) is -3.46. The fraction of sp³-hybridized carbons (Fsp3) is 0.280. The Morgan fingerprint density at radius 3 is 0.724 bits per heavy atom. The molecule has 8 heteroatoms. The van der Waals surface area contributed by atoms with Gasteiger partial charge in [-0.1, -0.05) is 114 Å². The fourth-order valence-electron chi connectivity index (χ4n) is 7.32. The highest BCUT2D eigenvalue weighted by molar-refractivity contribution is 6.66. The fourth-order valence-corrected chi connectivity index (χ4v) is 10.2. The Hall–Kier alpha value is -5.45. The lowest BCUT2D eigenvalue weighted by Crippen LogP contribution is -2.41. The van der Waals surface area contributed by atoms with Crippen LogP contribution in [0.3, 0.4) is 0 Å². The largest absolute Gasteiger partial charge is 0.512 e. The van der Waals surface area contributed by atoms with Crippen molar-refractivity contribution in [2.24, 2.45) is 0 Å². The Morgan fingerprint density at radius 1 is 0.328 bits per heavy atom. The highest BCUT2D eigenvalue weighted by Crippen LogP contribution is 2.37. The van der Waals surface area contributed by atoms with Gasteiger partial charge in [0, 0.05) is 42.4 Å². The molecule has 0 aliphatic heterocycles. The van der Waals surface area contributed by atoms with E-state index in [0.29, 0.717) is 0 Å². The number of methoxy groups -OCH3 is 1. The van der Waals surface area contributed by atoms with Gasteiger partial charge in [0.05, 0.1) is 7.11 Å². The van der Waals surface area contributed by atoms with E-state index in [1.54, 1.807) is 19.2 Å². The first kappa shape index (κ1) is 42.2.